The van der Waals surface area contributed by atoms with Crippen LogP contribution in [0.4, 0.5) is 0 Å². The normalized spacial score (nSPS) is 10.4. The summed E-state index contributed by atoms with van der Waals surface area (Å²) in [5.41, 5.74) is 3.05. The van der Waals surface area contributed by atoms with E-state index in [9.17, 15) is 0 Å². The van der Waals surface area contributed by atoms with Crippen LogP contribution in [0.1, 0.15) is 12.5 Å². The van der Waals surface area contributed by atoms with Gasteiger partial charge in [-0.1, -0.05) is 54.6 Å². The smallest absolute Gasteiger partial charge is 0.0406 e. The third-order valence-corrected chi connectivity index (χ3v) is 2.04. The molecule has 0 N–H and O–H groups in total. The molecule has 0 saturated carbocycles. The van der Waals surface area contributed by atoms with Gasteiger partial charge in [-0.3, -0.25) is 0 Å². The second-order valence-corrected chi connectivity index (χ2v) is 3.65. The molecule has 0 atom stereocenters. The molecule has 0 bridgehead atoms. The van der Waals surface area contributed by atoms with Gasteiger partial charge in [0.05, 0.1) is 0 Å². The molecule has 72 valence electrons. The van der Waals surface area contributed by atoms with Crippen molar-refractivity contribution in [2.75, 3.05) is 0 Å². The highest BCUT2D eigenvalue weighted by molar-refractivity contribution is 6.30. The van der Waals surface area contributed by atoms with Gasteiger partial charge in [0.1, 0.15) is 0 Å². The minimum atomic E-state index is 0.741. The van der Waals surface area contributed by atoms with Gasteiger partial charge in [-0.15, -0.1) is 0 Å². The maximum atomic E-state index is 5.78. The van der Waals surface area contributed by atoms with Crippen molar-refractivity contribution in [3.8, 4) is 0 Å². The Hall–Kier alpha value is -1.27. The Morgan fingerprint density at radius 3 is 2.21 bits per heavy atom. The zero-order valence-electron chi connectivity index (χ0n) is 8.26. The standard InChI is InChI=1S/C13H13Cl/c1-10(2)4-5-11(3)12-6-8-13(14)9-7-12/h4-9H,1,3H2,2H3/b5-4-. The topological polar surface area (TPSA) is 0 Å². The molecule has 0 spiro atoms. The van der Waals surface area contributed by atoms with Crippen molar-refractivity contribution in [3.05, 3.63) is 65.7 Å². The van der Waals surface area contributed by atoms with Crippen LogP contribution in [0.3, 0.4) is 0 Å². The molecule has 0 unspecified atom stereocenters. The maximum Gasteiger partial charge on any atom is 0.0406 e. The van der Waals surface area contributed by atoms with Crippen molar-refractivity contribution in [2.24, 2.45) is 0 Å². The van der Waals surface area contributed by atoms with Gasteiger partial charge in [-0.25, -0.2) is 0 Å². The molecule has 0 fully saturated rings. The van der Waals surface area contributed by atoms with E-state index in [1.165, 1.54) is 0 Å². The first-order chi connectivity index (χ1) is 6.59. The van der Waals surface area contributed by atoms with Crippen molar-refractivity contribution in [1.29, 1.82) is 0 Å². The Balaban J connectivity index is 2.80. The fourth-order valence-corrected chi connectivity index (χ4v) is 1.13. The Bertz CT molecular complexity index is 369. The zero-order valence-corrected chi connectivity index (χ0v) is 9.01. The van der Waals surface area contributed by atoms with Crippen molar-refractivity contribution in [2.45, 2.75) is 6.92 Å². The van der Waals surface area contributed by atoms with Crippen LogP contribution in [-0.2, 0) is 0 Å². The first kappa shape index (κ1) is 10.8. The number of benzene rings is 1. The lowest BCUT2D eigenvalue weighted by molar-refractivity contribution is 1.55. The highest BCUT2D eigenvalue weighted by atomic mass is 35.5. The highest BCUT2D eigenvalue weighted by Gasteiger charge is 1.94. The summed E-state index contributed by atoms with van der Waals surface area (Å²) >= 11 is 5.78. The van der Waals surface area contributed by atoms with E-state index in [2.05, 4.69) is 13.2 Å². The van der Waals surface area contributed by atoms with Crippen LogP contribution in [0.25, 0.3) is 5.57 Å². The highest BCUT2D eigenvalue weighted by Crippen LogP contribution is 2.17. The van der Waals surface area contributed by atoms with Crippen LogP contribution in [0, 0.1) is 0 Å². The van der Waals surface area contributed by atoms with E-state index < -0.39 is 0 Å². The summed E-state index contributed by atoms with van der Waals surface area (Å²) in [4.78, 5) is 0. The minimum absolute atomic E-state index is 0.741. The molecule has 0 amide bonds. The van der Waals surface area contributed by atoms with Crippen LogP contribution in [-0.4, -0.2) is 0 Å². The molecule has 0 radical (unpaired) electrons. The molecule has 0 aliphatic carbocycles. The molecule has 1 rings (SSSR count). The molecule has 1 heteroatoms. The van der Waals surface area contributed by atoms with Crippen molar-refractivity contribution in [1.82, 2.24) is 0 Å². The van der Waals surface area contributed by atoms with Gasteiger partial charge in [0, 0.05) is 5.02 Å². The van der Waals surface area contributed by atoms with Crippen molar-refractivity contribution < 1.29 is 0 Å². The van der Waals surface area contributed by atoms with Crippen LogP contribution in [0.2, 0.25) is 5.02 Å². The van der Waals surface area contributed by atoms with Crippen molar-refractivity contribution in [3.63, 3.8) is 0 Å². The molecular weight excluding hydrogens is 192 g/mol. The SMILES string of the molecule is C=C(C)/C=C\C(=C)c1ccc(Cl)cc1. The van der Waals surface area contributed by atoms with Gasteiger partial charge in [-0.2, -0.15) is 0 Å². The Morgan fingerprint density at radius 2 is 1.71 bits per heavy atom. The number of hydrogen-bond acceptors (Lipinski definition) is 0. The van der Waals surface area contributed by atoms with E-state index in [4.69, 9.17) is 11.6 Å². The second kappa shape index (κ2) is 4.83. The average molecular weight is 205 g/mol. The summed E-state index contributed by atoms with van der Waals surface area (Å²) in [6.45, 7) is 9.69. The second-order valence-electron chi connectivity index (χ2n) is 3.21. The van der Waals surface area contributed by atoms with E-state index in [0.29, 0.717) is 0 Å². The summed E-state index contributed by atoms with van der Waals surface area (Å²) in [6.07, 6.45) is 3.89. The summed E-state index contributed by atoms with van der Waals surface area (Å²) in [6, 6.07) is 7.62. The summed E-state index contributed by atoms with van der Waals surface area (Å²) < 4.78 is 0. The Labute approximate surface area is 90.2 Å². The minimum Gasteiger partial charge on any atom is -0.0961 e. The van der Waals surface area contributed by atoms with Crippen LogP contribution in [0.5, 0.6) is 0 Å². The first-order valence-corrected chi connectivity index (χ1v) is 4.76. The lowest BCUT2D eigenvalue weighted by Crippen LogP contribution is -1.77. The molecule has 14 heavy (non-hydrogen) atoms. The van der Waals surface area contributed by atoms with Crippen LogP contribution in [0.15, 0.2) is 55.1 Å². The van der Waals surface area contributed by atoms with E-state index in [1.54, 1.807) is 0 Å². The number of rotatable bonds is 3. The lowest BCUT2D eigenvalue weighted by Gasteiger charge is -2.00. The van der Waals surface area contributed by atoms with Crippen LogP contribution < -0.4 is 0 Å². The third kappa shape index (κ3) is 3.23. The molecule has 0 aliphatic heterocycles. The molecule has 0 aromatic heterocycles. The largest absolute Gasteiger partial charge is 0.0961 e. The third-order valence-electron chi connectivity index (χ3n) is 1.78. The van der Waals surface area contributed by atoms with E-state index in [-0.39, 0.29) is 0 Å². The quantitative estimate of drug-likeness (QED) is 0.637. The van der Waals surface area contributed by atoms with Gasteiger partial charge >= 0.3 is 0 Å². The van der Waals surface area contributed by atoms with E-state index >= 15 is 0 Å². The number of halogens is 1. The molecule has 0 aliphatic rings. The predicted molar refractivity (Wildman–Crippen MR) is 64.4 cm³/mol. The average Bonchev–Trinajstić information content (AvgIpc) is 2.15. The fourth-order valence-electron chi connectivity index (χ4n) is 1.00. The number of allylic oxidation sites excluding steroid dienone is 4. The molecule has 1 aromatic carbocycles. The predicted octanol–water partition coefficient (Wildman–Crippen LogP) is 4.49. The molecule has 0 heterocycles. The summed E-state index contributed by atoms with van der Waals surface area (Å²) in [7, 11) is 0. The van der Waals surface area contributed by atoms with Crippen molar-refractivity contribution >= 4 is 17.2 Å². The van der Waals surface area contributed by atoms with Crippen LogP contribution >= 0.6 is 11.6 Å². The Kier molecular flexibility index (Phi) is 3.73. The van der Waals surface area contributed by atoms with Gasteiger partial charge in [0.2, 0.25) is 0 Å². The van der Waals surface area contributed by atoms with Gasteiger partial charge in [-0.05, 0) is 30.2 Å². The molecule has 1 aromatic rings. The van der Waals surface area contributed by atoms with E-state index in [0.717, 1.165) is 21.7 Å². The molecule has 0 nitrogen and oxygen atoms in total. The fraction of sp³-hybridized carbons (Fsp3) is 0.0769. The summed E-state index contributed by atoms with van der Waals surface area (Å²) in [5.74, 6) is 0. The van der Waals surface area contributed by atoms with Gasteiger partial charge in [0.25, 0.3) is 0 Å². The number of hydrogen-bond donors (Lipinski definition) is 0. The molecular formula is C13H13Cl. The van der Waals surface area contributed by atoms with E-state index in [1.807, 2.05) is 43.3 Å². The Morgan fingerprint density at radius 1 is 1.14 bits per heavy atom. The lowest BCUT2D eigenvalue weighted by atomic mass is 10.1. The van der Waals surface area contributed by atoms with Gasteiger partial charge in [0.15, 0.2) is 0 Å². The zero-order chi connectivity index (χ0) is 10.6. The molecule has 0 saturated heterocycles. The maximum absolute atomic E-state index is 5.78. The summed E-state index contributed by atoms with van der Waals surface area (Å²) in [5, 5.41) is 0.741. The first-order valence-electron chi connectivity index (χ1n) is 4.38. The van der Waals surface area contributed by atoms with Gasteiger partial charge < -0.3 is 0 Å². The monoisotopic (exact) mass is 204 g/mol.